The van der Waals surface area contributed by atoms with Crippen molar-refractivity contribution in [2.45, 2.75) is 40.0 Å². The maximum atomic E-state index is 2.50. The van der Waals surface area contributed by atoms with E-state index in [-0.39, 0.29) is 5.41 Å². The van der Waals surface area contributed by atoms with E-state index in [0.717, 1.165) is 0 Å². The standard InChI is InChI=1S/C90H64/c1-55-28-41-75-80(44-55)88(85-54-78(60-22-10-7-11-23-60)56(2)45-81(85)86(75)69-36-29-58-20-12-14-24-61(58)47-69)71-38-34-63-46-64(31-32-65(63)49-71)67-33-35-68-52-82(74-27-17-16-26-73(74)79(68)50-67)89-77-42-39-66(57-18-8-6-9-19-57)51-83(77)87(70-37-30-59-21-13-15-25-62(59)48-70)76-43-40-72(53-84(76)89)90(3,4)5/h6-54H,1-5H3. The summed E-state index contributed by atoms with van der Waals surface area (Å²) in [6.07, 6.45) is 0. The highest BCUT2D eigenvalue weighted by atomic mass is 14.3. The Morgan fingerprint density at radius 1 is 0.200 bits per heavy atom. The van der Waals surface area contributed by atoms with Crippen LogP contribution in [0.5, 0.6) is 0 Å². The van der Waals surface area contributed by atoms with E-state index in [0.29, 0.717) is 0 Å². The first kappa shape index (κ1) is 53.3. The molecule has 0 aliphatic rings. The Bertz CT molecular complexity index is 5820. The number of benzene rings is 17. The molecule has 0 atom stereocenters. The van der Waals surface area contributed by atoms with Gasteiger partial charge < -0.3 is 0 Å². The number of rotatable bonds is 7. The third-order valence-corrected chi connectivity index (χ3v) is 19.5. The minimum absolute atomic E-state index is 0.0607. The van der Waals surface area contributed by atoms with E-state index >= 15 is 0 Å². The van der Waals surface area contributed by atoms with E-state index < -0.39 is 0 Å². The molecule has 0 unspecified atom stereocenters. The predicted molar refractivity (Wildman–Crippen MR) is 390 cm³/mol. The van der Waals surface area contributed by atoms with E-state index in [1.807, 2.05) is 0 Å². The van der Waals surface area contributed by atoms with E-state index in [4.69, 9.17) is 0 Å². The molecule has 0 fully saturated rings. The Labute approximate surface area is 525 Å². The quantitative estimate of drug-likeness (QED) is 0.110. The van der Waals surface area contributed by atoms with Gasteiger partial charge in [0.05, 0.1) is 0 Å². The topological polar surface area (TPSA) is 0 Å². The Morgan fingerprint density at radius 2 is 0.611 bits per heavy atom. The average molecular weight is 1150 g/mol. The Morgan fingerprint density at radius 3 is 1.26 bits per heavy atom. The zero-order valence-electron chi connectivity index (χ0n) is 51.3. The minimum Gasteiger partial charge on any atom is -0.0622 e. The van der Waals surface area contributed by atoms with Gasteiger partial charge in [-0.25, -0.2) is 0 Å². The van der Waals surface area contributed by atoms with Crippen molar-refractivity contribution in [1.29, 1.82) is 0 Å². The van der Waals surface area contributed by atoms with E-state index in [1.165, 1.54) is 192 Å². The molecule has 0 saturated heterocycles. The molecule has 0 spiro atoms. The van der Waals surface area contributed by atoms with Crippen LogP contribution >= 0.6 is 0 Å². The van der Waals surface area contributed by atoms with Crippen LogP contribution in [0.3, 0.4) is 0 Å². The highest BCUT2D eigenvalue weighted by Crippen LogP contribution is 2.51. The molecule has 0 aliphatic heterocycles. The van der Waals surface area contributed by atoms with Crippen LogP contribution in [0.2, 0.25) is 0 Å². The molecule has 0 amide bonds. The zero-order valence-corrected chi connectivity index (χ0v) is 51.3. The smallest absolute Gasteiger partial charge is 0.00198 e. The van der Waals surface area contributed by atoms with Crippen LogP contribution in [-0.4, -0.2) is 0 Å². The van der Waals surface area contributed by atoms with Crippen LogP contribution in [0.25, 0.3) is 175 Å². The third-order valence-electron chi connectivity index (χ3n) is 19.5. The van der Waals surface area contributed by atoms with Gasteiger partial charge in [-0.1, -0.05) is 269 Å². The van der Waals surface area contributed by atoms with Crippen molar-refractivity contribution in [2.24, 2.45) is 0 Å². The van der Waals surface area contributed by atoms with Crippen molar-refractivity contribution in [3.8, 4) is 77.9 Å². The first-order chi connectivity index (χ1) is 44.0. The molecule has 0 aromatic heterocycles. The lowest BCUT2D eigenvalue weighted by atomic mass is 9.79. The molecular weight excluding hydrogens is 1080 g/mol. The van der Waals surface area contributed by atoms with Crippen molar-refractivity contribution >= 4 is 97.0 Å². The summed E-state index contributed by atoms with van der Waals surface area (Å²) in [7, 11) is 0. The summed E-state index contributed by atoms with van der Waals surface area (Å²) in [5, 5.41) is 22.4. The van der Waals surface area contributed by atoms with E-state index in [2.05, 4.69) is 332 Å². The summed E-state index contributed by atoms with van der Waals surface area (Å²) in [5.74, 6) is 0. The van der Waals surface area contributed by atoms with Gasteiger partial charge in [-0.05, 0) is 260 Å². The zero-order chi connectivity index (χ0) is 60.4. The van der Waals surface area contributed by atoms with Gasteiger partial charge in [0.2, 0.25) is 0 Å². The first-order valence-corrected chi connectivity index (χ1v) is 31.7. The van der Waals surface area contributed by atoms with Crippen molar-refractivity contribution in [3.05, 3.63) is 314 Å². The van der Waals surface area contributed by atoms with Crippen molar-refractivity contribution in [3.63, 3.8) is 0 Å². The summed E-state index contributed by atoms with van der Waals surface area (Å²) in [5.41, 5.74) is 21.1. The van der Waals surface area contributed by atoms with Crippen molar-refractivity contribution < 1.29 is 0 Å². The lowest BCUT2D eigenvalue weighted by Crippen LogP contribution is -2.10. The maximum absolute atomic E-state index is 2.50. The highest BCUT2D eigenvalue weighted by Gasteiger charge is 2.25. The molecule has 0 saturated carbocycles. The van der Waals surface area contributed by atoms with E-state index in [1.54, 1.807) is 0 Å². The predicted octanol–water partition coefficient (Wildman–Crippen LogP) is 25.6. The van der Waals surface area contributed by atoms with E-state index in [9.17, 15) is 0 Å². The van der Waals surface area contributed by atoms with Gasteiger partial charge in [-0.2, -0.15) is 0 Å². The second kappa shape index (κ2) is 20.9. The molecule has 0 aliphatic carbocycles. The molecule has 0 bridgehead atoms. The van der Waals surface area contributed by atoms with Gasteiger partial charge in [0.15, 0.2) is 0 Å². The van der Waals surface area contributed by atoms with Crippen LogP contribution in [0.15, 0.2) is 297 Å². The molecular formula is C90H64. The minimum atomic E-state index is -0.0607. The number of aryl methyl sites for hydroxylation is 2. The van der Waals surface area contributed by atoms with Crippen LogP contribution in [0.4, 0.5) is 0 Å². The number of hydrogen-bond acceptors (Lipinski definition) is 0. The normalized spacial score (nSPS) is 12.1. The van der Waals surface area contributed by atoms with Gasteiger partial charge in [0, 0.05) is 0 Å². The second-order valence-electron chi connectivity index (χ2n) is 26.1. The fourth-order valence-corrected chi connectivity index (χ4v) is 14.9. The maximum Gasteiger partial charge on any atom is -0.00198 e. The Kier molecular flexibility index (Phi) is 12.4. The lowest BCUT2D eigenvalue weighted by molar-refractivity contribution is 0.591. The molecule has 90 heavy (non-hydrogen) atoms. The van der Waals surface area contributed by atoms with Gasteiger partial charge in [0.25, 0.3) is 0 Å². The van der Waals surface area contributed by atoms with Crippen LogP contribution in [-0.2, 0) is 5.41 Å². The summed E-state index contributed by atoms with van der Waals surface area (Å²) >= 11 is 0. The Balaban J connectivity index is 0.828. The highest BCUT2D eigenvalue weighted by molar-refractivity contribution is 6.27. The average Bonchev–Trinajstić information content (AvgIpc) is 0.823. The van der Waals surface area contributed by atoms with Gasteiger partial charge >= 0.3 is 0 Å². The van der Waals surface area contributed by atoms with Crippen LogP contribution in [0, 0.1) is 13.8 Å². The number of fused-ring (bicyclic) bond motifs is 10. The fourth-order valence-electron chi connectivity index (χ4n) is 14.9. The van der Waals surface area contributed by atoms with Crippen LogP contribution in [0.1, 0.15) is 37.5 Å². The molecule has 17 rings (SSSR count). The fraction of sp³-hybridized carbons (Fsp3) is 0.0667. The molecule has 0 heterocycles. The Hall–Kier alpha value is -10.9. The molecule has 0 nitrogen and oxygen atoms in total. The molecule has 17 aromatic rings. The summed E-state index contributed by atoms with van der Waals surface area (Å²) in [6.45, 7) is 11.5. The molecule has 0 radical (unpaired) electrons. The van der Waals surface area contributed by atoms with Gasteiger partial charge in [-0.15, -0.1) is 0 Å². The molecule has 0 N–H and O–H groups in total. The SMILES string of the molecule is Cc1ccc2c(-c3ccc4ccccc4c3)c3cc(C)c(-c4ccccc4)cc3c(-c3ccc4cc(-c5ccc6cc(-c7c8ccc(-c9ccccc9)cc8c(-c8ccc9ccccc9c8)c8ccc(C(C)(C)C)cc78)c7ccccc7c6c5)ccc4c3)c2c1. The monoisotopic (exact) mass is 1140 g/mol. The van der Waals surface area contributed by atoms with Crippen LogP contribution < -0.4 is 0 Å². The first-order valence-electron chi connectivity index (χ1n) is 31.7. The molecule has 424 valence electrons. The number of hydrogen-bond donors (Lipinski definition) is 0. The van der Waals surface area contributed by atoms with Gasteiger partial charge in [0.1, 0.15) is 0 Å². The van der Waals surface area contributed by atoms with Gasteiger partial charge in [-0.3, -0.25) is 0 Å². The van der Waals surface area contributed by atoms with Crippen molar-refractivity contribution in [1.82, 2.24) is 0 Å². The second-order valence-corrected chi connectivity index (χ2v) is 26.1. The largest absolute Gasteiger partial charge is 0.0622 e. The summed E-state index contributed by atoms with van der Waals surface area (Å²) < 4.78 is 0. The molecule has 0 heteroatoms. The third kappa shape index (κ3) is 8.89. The molecule has 17 aromatic carbocycles. The summed E-state index contributed by atoms with van der Waals surface area (Å²) in [4.78, 5) is 0. The lowest BCUT2D eigenvalue weighted by Gasteiger charge is -2.24. The van der Waals surface area contributed by atoms with Crippen molar-refractivity contribution in [2.75, 3.05) is 0 Å². The summed E-state index contributed by atoms with van der Waals surface area (Å²) in [6, 6.07) is 113.